The van der Waals surface area contributed by atoms with Crippen LogP contribution in [0, 0.1) is 0 Å². The van der Waals surface area contributed by atoms with E-state index < -0.39 is 0 Å². The minimum atomic E-state index is -0.200. The number of H-pyrrole nitrogens is 1. The first kappa shape index (κ1) is 20.6. The molecule has 1 saturated heterocycles. The van der Waals surface area contributed by atoms with Gasteiger partial charge in [0.15, 0.2) is 0 Å². The van der Waals surface area contributed by atoms with Gasteiger partial charge in [-0.25, -0.2) is 4.98 Å². The molecule has 160 valence electrons. The Bertz CT molecular complexity index is 881. The van der Waals surface area contributed by atoms with Crippen molar-refractivity contribution in [2.24, 2.45) is 0 Å². The first-order valence-electron chi connectivity index (χ1n) is 11.0. The third kappa shape index (κ3) is 4.26. The standard InChI is InChI=1S/C23H31N5O2/c1-2-3-4-17-5-7-18(8-6-17)22(30)24-15-20(29)28-13-10-23(11-14-28)21-19(9-12-27-23)25-16-26-21/h5-8,16,27H,2-4,9-15H2,1H3,(H,24,30)(H,25,26). The van der Waals surface area contributed by atoms with Gasteiger partial charge in [0.05, 0.1) is 24.1 Å². The summed E-state index contributed by atoms with van der Waals surface area (Å²) >= 11 is 0. The summed E-state index contributed by atoms with van der Waals surface area (Å²) < 4.78 is 0. The van der Waals surface area contributed by atoms with Crippen molar-refractivity contribution in [3.63, 3.8) is 0 Å². The average molecular weight is 410 g/mol. The summed E-state index contributed by atoms with van der Waals surface area (Å²) in [5.74, 6) is -0.232. The Morgan fingerprint density at radius 2 is 1.97 bits per heavy atom. The van der Waals surface area contributed by atoms with Crippen molar-refractivity contribution in [1.29, 1.82) is 0 Å². The summed E-state index contributed by atoms with van der Waals surface area (Å²) in [5.41, 5.74) is 4.02. The van der Waals surface area contributed by atoms with Gasteiger partial charge in [-0.2, -0.15) is 0 Å². The third-order valence-electron chi connectivity index (χ3n) is 6.41. The number of aromatic nitrogens is 2. The number of carbonyl (C=O) groups is 2. The zero-order valence-electron chi connectivity index (χ0n) is 17.7. The lowest BCUT2D eigenvalue weighted by Crippen LogP contribution is -2.56. The van der Waals surface area contributed by atoms with Crippen molar-refractivity contribution in [2.75, 3.05) is 26.2 Å². The molecule has 1 aromatic carbocycles. The van der Waals surface area contributed by atoms with Gasteiger partial charge in [0.1, 0.15) is 0 Å². The number of fused-ring (bicyclic) bond motifs is 2. The third-order valence-corrected chi connectivity index (χ3v) is 6.41. The molecule has 3 heterocycles. The van der Waals surface area contributed by atoms with E-state index in [0.717, 1.165) is 50.8 Å². The van der Waals surface area contributed by atoms with Crippen LogP contribution in [0.1, 0.15) is 59.9 Å². The highest BCUT2D eigenvalue weighted by molar-refractivity contribution is 5.96. The van der Waals surface area contributed by atoms with E-state index in [9.17, 15) is 9.59 Å². The quantitative estimate of drug-likeness (QED) is 0.682. The number of imidazole rings is 1. The minimum absolute atomic E-state index is 0.0316. The second-order valence-electron chi connectivity index (χ2n) is 8.35. The van der Waals surface area contributed by atoms with E-state index >= 15 is 0 Å². The lowest BCUT2D eigenvalue weighted by atomic mass is 9.80. The predicted octanol–water partition coefficient (Wildman–Crippen LogP) is 2.15. The van der Waals surface area contributed by atoms with E-state index in [-0.39, 0.29) is 23.9 Å². The molecule has 2 aromatic rings. The Balaban J connectivity index is 1.27. The minimum Gasteiger partial charge on any atom is -0.348 e. The fraction of sp³-hybridized carbons (Fsp3) is 0.522. The van der Waals surface area contributed by atoms with E-state index in [1.54, 1.807) is 6.33 Å². The molecule has 3 N–H and O–H groups in total. The van der Waals surface area contributed by atoms with Gasteiger partial charge in [-0.3, -0.25) is 9.59 Å². The molecule has 0 atom stereocenters. The zero-order chi connectivity index (χ0) is 21.0. The maximum atomic E-state index is 12.6. The molecule has 0 unspecified atom stereocenters. The molecule has 1 fully saturated rings. The van der Waals surface area contributed by atoms with Crippen LogP contribution in [0.15, 0.2) is 30.6 Å². The molecule has 0 aliphatic carbocycles. The molecule has 2 aliphatic rings. The number of piperidine rings is 1. The average Bonchev–Trinajstić information content (AvgIpc) is 3.27. The number of nitrogens with one attached hydrogen (secondary N) is 3. The van der Waals surface area contributed by atoms with E-state index in [1.165, 1.54) is 11.3 Å². The zero-order valence-corrected chi connectivity index (χ0v) is 17.7. The van der Waals surface area contributed by atoms with E-state index in [4.69, 9.17) is 0 Å². The SMILES string of the molecule is CCCCc1ccc(C(=O)NCC(=O)N2CCC3(CC2)NCCc2[nH]cnc23)cc1. The maximum Gasteiger partial charge on any atom is 0.251 e. The van der Waals surface area contributed by atoms with Crippen LogP contribution >= 0.6 is 0 Å². The van der Waals surface area contributed by atoms with Crippen molar-refractivity contribution >= 4 is 11.8 Å². The fourth-order valence-corrected chi connectivity index (χ4v) is 4.56. The van der Waals surface area contributed by atoms with Crippen LogP contribution < -0.4 is 10.6 Å². The summed E-state index contributed by atoms with van der Waals surface area (Å²) in [6.07, 6.45) is 7.73. The second-order valence-corrected chi connectivity index (χ2v) is 8.35. The van der Waals surface area contributed by atoms with Gasteiger partial charge in [-0.05, 0) is 43.4 Å². The number of nitrogens with zero attached hydrogens (tertiary/aromatic N) is 2. The first-order valence-corrected chi connectivity index (χ1v) is 11.0. The van der Waals surface area contributed by atoms with Crippen molar-refractivity contribution in [2.45, 2.75) is 51.0 Å². The van der Waals surface area contributed by atoms with Crippen LogP contribution in [-0.4, -0.2) is 52.9 Å². The molecule has 7 nitrogen and oxygen atoms in total. The van der Waals surface area contributed by atoms with Crippen LogP contribution in [0.4, 0.5) is 0 Å². The van der Waals surface area contributed by atoms with Crippen LogP contribution in [0.2, 0.25) is 0 Å². The molecule has 1 spiro atoms. The summed E-state index contributed by atoms with van der Waals surface area (Å²) in [4.78, 5) is 34.7. The number of hydrogen-bond donors (Lipinski definition) is 3. The number of aromatic amines is 1. The number of aryl methyl sites for hydroxylation is 1. The Hall–Kier alpha value is -2.67. The number of unbranched alkanes of at least 4 members (excludes halogenated alkanes) is 1. The number of amides is 2. The molecule has 2 aliphatic heterocycles. The molecular weight excluding hydrogens is 378 g/mol. The topological polar surface area (TPSA) is 90.1 Å². The Morgan fingerprint density at radius 3 is 2.70 bits per heavy atom. The summed E-state index contributed by atoms with van der Waals surface area (Å²) in [7, 11) is 0. The highest BCUT2D eigenvalue weighted by atomic mass is 16.2. The molecular formula is C23H31N5O2. The van der Waals surface area contributed by atoms with E-state index in [0.29, 0.717) is 18.7 Å². The number of likely N-dealkylation sites (tertiary alicyclic amines) is 1. The number of rotatable bonds is 6. The second kappa shape index (κ2) is 9.00. The van der Waals surface area contributed by atoms with Crippen molar-refractivity contribution in [1.82, 2.24) is 25.5 Å². The normalized spacial score (nSPS) is 17.6. The molecule has 0 saturated carbocycles. The molecule has 0 bridgehead atoms. The lowest BCUT2D eigenvalue weighted by Gasteiger charge is -2.44. The van der Waals surface area contributed by atoms with Gasteiger partial charge in [-0.1, -0.05) is 25.5 Å². The molecule has 0 radical (unpaired) electrons. The van der Waals surface area contributed by atoms with Crippen LogP contribution in [0.3, 0.4) is 0 Å². The fourth-order valence-electron chi connectivity index (χ4n) is 4.56. The van der Waals surface area contributed by atoms with E-state index in [1.807, 2.05) is 29.2 Å². The van der Waals surface area contributed by atoms with Crippen LogP contribution in [-0.2, 0) is 23.2 Å². The number of carbonyl (C=O) groups excluding carboxylic acids is 2. The van der Waals surface area contributed by atoms with Gasteiger partial charge in [0, 0.05) is 37.3 Å². The highest BCUT2D eigenvalue weighted by Gasteiger charge is 2.41. The van der Waals surface area contributed by atoms with Crippen molar-refractivity contribution in [3.05, 3.63) is 53.1 Å². The van der Waals surface area contributed by atoms with Crippen molar-refractivity contribution < 1.29 is 9.59 Å². The number of hydrogen-bond acceptors (Lipinski definition) is 4. The molecule has 30 heavy (non-hydrogen) atoms. The van der Waals surface area contributed by atoms with Gasteiger partial charge >= 0.3 is 0 Å². The largest absolute Gasteiger partial charge is 0.348 e. The highest BCUT2D eigenvalue weighted by Crippen LogP contribution is 2.35. The van der Waals surface area contributed by atoms with Gasteiger partial charge in [-0.15, -0.1) is 0 Å². The van der Waals surface area contributed by atoms with Crippen LogP contribution in [0.5, 0.6) is 0 Å². The Kier molecular flexibility index (Phi) is 6.18. The Labute approximate surface area is 177 Å². The molecule has 7 heteroatoms. The van der Waals surface area contributed by atoms with Gasteiger partial charge in [0.2, 0.25) is 5.91 Å². The summed E-state index contributed by atoms with van der Waals surface area (Å²) in [5, 5.41) is 6.41. The Morgan fingerprint density at radius 1 is 1.20 bits per heavy atom. The predicted molar refractivity (Wildman–Crippen MR) is 115 cm³/mol. The lowest BCUT2D eigenvalue weighted by molar-refractivity contribution is -0.132. The monoisotopic (exact) mass is 409 g/mol. The summed E-state index contributed by atoms with van der Waals surface area (Å²) in [6.45, 7) is 4.46. The molecule has 2 amide bonds. The van der Waals surface area contributed by atoms with E-state index in [2.05, 4.69) is 27.5 Å². The smallest absolute Gasteiger partial charge is 0.251 e. The maximum absolute atomic E-state index is 12.6. The van der Waals surface area contributed by atoms with Gasteiger partial charge in [0.25, 0.3) is 5.91 Å². The van der Waals surface area contributed by atoms with Crippen LogP contribution in [0.25, 0.3) is 0 Å². The molecule has 4 rings (SSSR count). The van der Waals surface area contributed by atoms with Gasteiger partial charge < -0.3 is 20.5 Å². The number of benzene rings is 1. The van der Waals surface area contributed by atoms with Crippen molar-refractivity contribution in [3.8, 4) is 0 Å². The summed E-state index contributed by atoms with van der Waals surface area (Å²) in [6, 6.07) is 7.67. The first-order chi connectivity index (χ1) is 14.6. The molecule has 1 aromatic heterocycles.